The van der Waals surface area contributed by atoms with Crippen LogP contribution in [0.2, 0.25) is 0 Å². The molecule has 0 fully saturated rings. The van der Waals surface area contributed by atoms with Gasteiger partial charge in [-0.25, -0.2) is 0 Å². The van der Waals surface area contributed by atoms with Gasteiger partial charge >= 0.3 is 0 Å². The molecule has 0 aliphatic carbocycles. The number of nitrogens with one attached hydrogen (secondary N) is 1. The van der Waals surface area contributed by atoms with Crippen molar-refractivity contribution < 1.29 is 4.52 Å². The molecule has 0 aliphatic heterocycles. The van der Waals surface area contributed by atoms with Crippen molar-refractivity contribution >= 4 is 31.9 Å². The SMILES string of the molecule is CCCNC(C)Cc1nc(-c2ncc(Br)cc2Br)no1. The minimum absolute atomic E-state index is 0.310. The van der Waals surface area contributed by atoms with Gasteiger partial charge in [-0.2, -0.15) is 4.98 Å². The Kier molecular flexibility index (Phi) is 5.68. The van der Waals surface area contributed by atoms with Crippen LogP contribution < -0.4 is 5.32 Å². The first-order valence-corrected chi connectivity index (χ1v) is 8.06. The normalized spacial score (nSPS) is 12.6. The van der Waals surface area contributed by atoms with Crippen LogP contribution in [0.15, 0.2) is 25.7 Å². The molecule has 0 spiro atoms. The summed E-state index contributed by atoms with van der Waals surface area (Å²) in [6.45, 7) is 5.23. The number of rotatable bonds is 6. The van der Waals surface area contributed by atoms with Crippen molar-refractivity contribution in [2.45, 2.75) is 32.7 Å². The summed E-state index contributed by atoms with van der Waals surface area (Å²) in [5, 5.41) is 7.38. The van der Waals surface area contributed by atoms with Crippen LogP contribution in [0.4, 0.5) is 0 Å². The number of hydrogen-bond acceptors (Lipinski definition) is 5. The summed E-state index contributed by atoms with van der Waals surface area (Å²) < 4.78 is 7.01. The van der Waals surface area contributed by atoms with Gasteiger partial charge in [0.25, 0.3) is 0 Å². The van der Waals surface area contributed by atoms with Gasteiger partial charge in [-0.05, 0) is 57.8 Å². The van der Waals surface area contributed by atoms with Gasteiger partial charge in [-0.1, -0.05) is 12.1 Å². The second kappa shape index (κ2) is 7.28. The molecule has 1 atom stereocenters. The highest BCUT2D eigenvalue weighted by Crippen LogP contribution is 2.26. The van der Waals surface area contributed by atoms with Crippen molar-refractivity contribution in [3.63, 3.8) is 0 Å². The Morgan fingerprint density at radius 2 is 2.20 bits per heavy atom. The monoisotopic (exact) mass is 402 g/mol. The van der Waals surface area contributed by atoms with E-state index < -0.39 is 0 Å². The molecule has 1 N–H and O–H groups in total. The van der Waals surface area contributed by atoms with E-state index in [-0.39, 0.29) is 0 Å². The molecule has 0 radical (unpaired) electrons. The van der Waals surface area contributed by atoms with Gasteiger partial charge in [-0.15, -0.1) is 0 Å². The van der Waals surface area contributed by atoms with Gasteiger partial charge in [0.15, 0.2) is 0 Å². The first kappa shape index (κ1) is 15.6. The third-order valence-corrected chi connectivity index (χ3v) is 3.75. The Bertz CT molecular complexity index is 573. The van der Waals surface area contributed by atoms with Gasteiger partial charge in [0.05, 0.1) is 0 Å². The molecule has 0 aliphatic rings. The zero-order valence-corrected chi connectivity index (χ0v) is 14.5. The number of halogens is 2. The number of pyridine rings is 1. The van der Waals surface area contributed by atoms with Crippen molar-refractivity contribution in [2.24, 2.45) is 0 Å². The van der Waals surface area contributed by atoms with E-state index >= 15 is 0 Å². The fourth-order valence-electron chi connectivity index (χ4n) is 1.74. The standard InChI is InChI=1S/C13H16Br2N4O/c1-3-4-16-8(2)5-11-18-13(19-20-11)12-10(15)6-9(14)7-17-12/h6-8,16H,3-5H2,1-2H3. The lowest BCUT2D eigenvalue weighted by atomic mass is 10.2. The minimum Gasteiger partial charge on any atom is -0.339 e. The molecule has 0 bridgehead atoms. The molecule has 108 valence electrons. The number of hydrogen-bond donors (Lipinski definition) is 1. The molecular formula is C13H16Br2N4O. The summed E-state index contributed by atoms with van der Waals surface area (Å²) >= 11 is 6.82. The van der Waals surface area contributed by atoms with Crippen molar-refractivity contribution in [1.29, 1.82) is 0 Å². The summed E-state index contributed by atoms with van der Waals surface area (Å²) in [7, 11) is 0. The van der Waals surface area contributed by atoms with Crippen LogP contribution in [0, 0.1) is 0 Å². The largest absolute Gasteiger partial charge is 0.339 e. The first-order valence-electron chi connectivity index (χ1n) is 6.47. The van der Waals surface area contributed by atoms with Gasteiger partial charge < -0.3 is 9.84 Å². The summed E-state index contributed by atoms with van der Waals surface area (Å²) in [5.41, 5.74) is 0.678. The van der Waals surface area contributed by atoms with Gasteiger partial charge in [0, 0.05) is 27.6 Å². The van der Waals surface area contributed by atoms with Crippen LogP contribution in [0.3, 0.4) is 0 Å². The van der Waals surface area contributed by atoms with Crippen LogP contribution in [0.25, 0.3) is 11.5 Å². The van der Waals surface area contributed by atoms with E-state index in [1.807, 2.05) is 6.07 Å². The van der Waals surface area contributed by atoms with Crippen molar-refractivity contribution in [3.05, 3.63) is 27.1 Å². The molecule has 5 nitrogen and oxygen atoms in total. The highest BCUT2D eigenvalue weighted by molar-refractivity contribution is 9.11. The van der Waals surface area contributed by atoms with Gasteiger partial charge in [0.2, 0.25) is 11.7 Å². The molecule has 2 rings (SSSR count). The summed E-state index contributed by atoms with van der Waals surface area (Å²) in [6.07, 6.45) is 3.53. The molecule has 0 saturated heterocycles. The van der Waals surface area contributed by atoms with Crippen LogP contribution in [0.1, 0.15) is 26.2 Å². The maximum atomic E-state index is 5.28. The smallest absolute Gasteiger partial charge is 0.228 e. The van der Waals surface area contributed by atoms with Gasteiger partial charge in [-0.3, -0.25) is 4.98 Å². The van der Waals surface area contributed by atoms with Crippen molar-refractivity contribution in [2.75, 3.05) is 6.54 Å². The lowest BCUT2D eigenvalue weighted by Crippen LogP contribution is -2.28. The fourth-order valence-corrected chi connectivity index (χ4v) is 2.90. The number of aromatic nitrogens is 3. The Balaban J connectivity index is 2.08. The average Bonchev–Trinajstić information content (AvgIpc) is 2.84. The quantitative estimate of drug-likeness (QED) is 0.798. The maximum absolute atomic E-state index is 5.28. The number of nitrogens with zero attached hydrogens (tertiary/aromatic N) is 3. The summed E-state index contributed by atoms with van der Waals surface area (Å²) in [6, 6.07) is 2.22. The van der Waals surface area contributed by atoms with E-state index in [1.165, 1.54) is 0 Å². The van der Waals surface area contributed by atoms with E-state index in [0.29, 0.717) is 29.9 Å². The molecular weight excluding hydrogens is 388 g/mol. The second-order valence-corrected chi connectivity index (χ2v) is 6.32. The predicted octanol–water partition coefficient (Wildman–Crippen LogP) is 3.59. The summed E-state index contributed by atoms with van der Waals surface area (Å²) in [5.74, 6) is 1.12. The van der Waals surface area contributed by atoms with Crippen LogP contribution in [0.5, 0.6) is 0 Å². The minimum atomic E-state index is 0.310. The Hall–Kier alpha value is -0.790. The van der Waals surface area contributed by atoms with Crippen LogP contribution >= 0.6 is 31.9 Å². The molecule has 0 saturated carbocycles. The third-order valence-electron chi connectivity index (χ3n) is 2.71. The topological polar surface area (TPSA) is 63.8 Å². The Morgan fingerprint density at radius 1 is 1.40 bits per heavy atom. The van der Waals surface area contributed by atoms with E-state index in [4.69, 9.17) is 4.52 Å². The van der Waals surface area contributed by atoms with E-state index in [0.717, 1.165) is 21.9 Å². The molecule has 7 heteroatoms. The molecule has 1 unspecified atom stereocenters. The van der Waals surface area contributed by atoms with Gasteiger partial charge in [0.1, 0.15) is 5.69 Å². The van der Waals surface area contributed by atoms with Crippen molar-refractivity contribution in [3.8, 4) is 11.5 Å². The highest BCUT2D eigenvalue weighted by Gasteiger charge is 2.15. The van der Waals surface area contributed by atoms with Crippen molar-refractivity contribution in [1.82, 2.24) is 20.4 Å². The highest BCUT2D eigenvalue weighted by atomic mass is 79.9. The lowest BCUT2D eigenvalue weighted by molar-refractivity contribution is 0.362. The van der Waals surface area contributed by atoms with E-state index in [2.05, 4.69) is 66.1 Å². The zero-order chi connectivity index (χ0) is 14.5. The molecule has 0 amide bonds. The van der Waals surface area contributed by atoms with Crippen LogP contribution in [-0.4, -0.2) is 27.7 Å². The molecule has 0 aromatic carbocycles. The first-order chi connectivity index (χ1) is 9.60. The van der Waals surface area contributed by atoms with E-state index in [1.54, 1.807) is 6.20 Å². The fraction of sp³-hybridized carbons (Fsp3) is 0.462. The Morgan fingerprint density at radius 3 is 2.90 bits per heavy atom. The third kappa shape index (κ3) is 4.10. The van der Waals surface area contributed by atoms with Crippen LogP contribution in [-0.2, 0) is 6.42 Å². The molecule has 2 heterocycles. The molecule has 20 heavy (non-hydrogen) atoms. The lowest BCUT2D eigenvalue weighted by Gasteiger charge is -2.09. The molecule has 2 aromatic rings. The Labute approximate surface area is 134 Å². The zero-order valence-electron chi connectivity index (χ0n) is 11.4. The second-order valence-electron chi connectivity index (χ2n) is 4.55. The van der Waals surface area contributed by atoms with E-state index in [9.17, 15) is 0 Å². The average molecular weight is 404 g/mol. The molecule has 2 aromatic heterocycles. The maximum Gasteiger partial charge on any atom is 0.228 e. The predicted molar refractivity (Wildman–Crippen MR) is 84.4 cm³/mol. The summed E-state index contributed by atoms with van der Waals surface area (Å²) in [4.78, 5) is 8.69.